The lowest BCUT2D eigenvalue weighted by molar-refractivity contribution is 0.205. The van der Waals surface area contributed by atoms with Crippen molar-refractivity contribution in [2.75, 3.05) is 26.0 Å². The first-order valence-electron chi connectivity index (χ1n) is 7.42. The first-order chi connectivity index (χ1) is 10.2. The zero-order valence-corrected chi connectivity index (χ0v) is 13.7. The maximum absolute atomic E-state index is 6.02. The summed E-state index contributed by atoms with van der Waals surface area (Å²) in [5.74, 6) is 2.28. The number of aromatic nitrogens is 3. The number of halogens is 2. The molecule has 1 aliphatic rings. The fourth-order valence-corrected chi connectivity index (χ4v) is 3.32. The van der Waals surface area contributed by atoms with Gasteiger partial charge < -0.3 is 9.47 Å². The van der Waals surface area contributed by atoms with Crippen molar-refractivity contribution in [2.24, 2.45) is 5.92 Å². The van der Waals surface area contributed by atoms with Crippen molar-refractivity contribution in [1.82, 2.24) is 19.4 Å². The van der Waals surface area contributed by atoms with Crippen LogP contribution in [0.25, 0.3) is 11.2 Å². The lowest BCUT2D eigenvalue weighted by atomic mass is 9.97. The predicted molar refractivity (Wildman–Crippen MR) is 87.2 cm³/mol. The number of rotatable bonds is 4. The summed E-state index contributed by atoms with van der Waals surface area (Å²) < 4.78 is 2.24. The molecule has 21 heavy (non-hydrogen) atoms. The fraction of sp³-hybridized carbons (Fsp3) is 0.600. The van der Waals surface area contributed by atoms with Crippen LogP contribution in [0.4, 0.5) is 0 Å². The molecule has 0 saturated carbocycles. The number of fused-ring (bicyclic) bond motifs is 1. The van der Waals surface area contributed by atoms with Gasteiger partial charge in [0.05, 0.1) is 5.02 Å². The Labute approximate surface area is 135 Å². The number of likely N-dealkylation sites (tertiary alicyclic amines) is 1. The third-order valence-electron chi connectivity index (χ3n) is 4.23. The maximum Gasteiger partial charge on any atom is 0.160 e. The summed E-state index contributed by atoms with van der Waals surface area (Å²) in [6.07, 6.45) is 4.91. The van der Waals surface area contributed by atoms with Gasteiger partial charge >= 0.3 is 0 Å². The van der Waals surface area contributed by atoms with Crippen LogP contribution in [-0.2, 0) is 13.0 Å². The summed E-state index contributed by atoms with van der Waals surface area (Å²) in [6.45, 7) is 3.31. The third-order valence-corrected chi connectivity index (χ3v) is 4.62. The van der Waals surface area contributed by atoms with E-state index in [1.54, 1.807) is 6.20 Å². The van der Waals surface area contributed by atoms with Crippen molar-refractivity contribution >= 4 is 34.4 Å². The summed E-state index contributed by atoms with van der Waals surface area (Å²) in [7, 11) is 2.19. The van der Waals surface area contributed by atoms with E-state index in [1.165, 1.54) is 25.9 Å². The number of alkyl halides is 1. The zero-order chi connectivity index (χ0) is 14.8. The SMILES string of the molecule is CN1CCC(Cn2c(CCCl)nc3cc(Cl)cnc32)CC1. The molecule has 0 bridgehead atoms. The Morgan fingerprint density at radius 3 is 2.81 bits per heavy atom. The zero-order valence-electron chi connectivity index (χ0n) is 12.2. The molecule has 0 atom stereocenters. The Kier molecular flexibility index (Phi) is 4.67. The Morgan fingerprint density at radius 1 is 1.33 bits per heavy atom. The number of piperidine rings is 1. The first-order valence-corrected chi connectivity index (χ1v) is 8.34. The molecule has 2 aromatic heterocycles. The molecule has 0 spiro atoms. The highest BCUT2D eigenvalue weighted by atomic mass is 35.5. The van der Waals surface area contributed by atoms with E-state index in [4.69, 9.17) is 23.2 Å². The summed E-state index contributed by atoms with van der Waals surface area (Å²) in [4.78, 5) is 11.5. The van der Waals surface area contributed by atoms with Gasteiger partial charge in [0.2, 0.25) is 0 Å². The van der Waals surface area contributed by atoms with E-state index in [1.807, 2.05) is 6.07 Å². The van der Waals surface area contributed by atoms with Gasteiger partial charge in [-0.3, -0.25) is 0 Å². The van der Waals surface area contributed by atoms with E-state index >= 15 is 0 Å². The quantitative estimate of drug-likeness (QED) is 0.809. The predicted octanol–water partition coefficient (Wildman–Crippen LogP) is 3.21. The van der Waals surface area contributed by atoms with E-state index in [9.17, 15) is 0 Å². The van der Waals surface area contributed by atoms with Crippen molar-refractivity contribution in [3.63, 3.8) is 0 Å². The summed E-state index contributed by atoms with van der Waals surface area (Å²) in [5.41, 5.74) is 1.80. The molecule has 0 radical (unpaired) electrons. The highest BCUT2D eigenvalue weighted by molar-refractivity contribution is 6.31. The van der Waals surface area contributed by atoms with Gasteiger partial charge in [0.15, 0.2) is 5.65 Å². The second kappa shape index (κ2) is 6.51. The molecule has 3 rings (SSSR count). The molecule has 0 aliphatic carbocycles. The first kappa shape index (κ1) is 15.1. The van der Waals surface area contributed by atoms with Crippen LogP contribution >= 0.6 is 23.2 Å². The van der Waals surface area contributed by atoms with Crippen LogP contribution in [0.1, 0.15) is 18.7 Å². The molecule has 0 N–H and O–H groups in total. The summed E-state index contributed by atoms with van der Waals surface area (Å²) in [5, 5.41) is 0.629. The van der Waals surface area contributed by atoms with Crippen molar-refractivity contribution in [2.45, 2.75) is 25.8 Å². The van der Waals surface area contributed by atoms with Crippen LogP contribution in [-0.4, -0.2) is 45.5 Å². The topological polar surface area (TPSA) is 34.0 Å². The molecule has 6 heteroatoms. The van der Waals surface area contributed by atoms with E-state index in [0.29, 0.717) is 16.8 Å². The largest absolute Gasteiger partial charge is 0.312 e. The lowest BCUT2D eigenvalue weighted by Gasteiger charge is -2.29. The van der Waals surface area contributed by atoms with E-state index in [2.05, 4.69) is 26.5 Å². The van der Waals surface area contributed by atoms with Crippen molar-refractivity contribution in [3.8, 4) is 0 Å². The third kappa shape index (κ3) is 3.33. The maximum atomic E-state index is 6.02. The standard InChI is InChI=1S/C15H20Cl2N4/c1-20-6-3-11(4-7-20)10-21-14(2-5-16)19-13-8-12(17)9-18-15(13)21/h8-9,11H,2-7,10H2,1H3. The molecule has 1 saturated heterocycles. The molecule has 0 aromatic carbocycles. The molecule has 0 amide bonds. The Balaban J connectivity index is 1.89. The molecule has 0 unspecified atom stereocenters. The Morgan fingerprint density at radius 2 is 2.10 bits per heavy atom. The van der Waals surface area contributed by atoms with Crippen LogP contribution in [0, 0.1) is 5.92 Å². The second-order valence-corrected chi connectivity index (χ2v) is 6.63. The van der Waals surface area contributed by atoms with Gasteiger partial charge in [-0.1, -0.05) is 11.6 Å². The Bertz CT molecular complexity index is 617. The molecule has 1 fully saturated rings. The van der Waals surface area contributed by atoms with Gasteiger partial charge in [-0.25, -0.2) is 9.97 Å². The van der Waals surface area contributed by atoms with Gasteiger partial charge in [0, 0.05) is 25.0 Å². The van der Waals surface area contributed by atoms with Gasteiger partial charge in [0.1, 0.15) is 11.3 Å². The van der Waals surface area contributed by atoms with E-state index in [0.717, 1.165) is 30.0 Å². The van der Waals surface area contributed by atoms with Gasteiger partial charge in [-0.2, -0.15) is 0 Å². The van der Waals surface area contributed by atoms with Crippen molar-refractivity contribution in [3.05, 3.63) is 23.1 Å². The minimum Gasteiger partial charge on any atom is -0.312 e. The highest BCUT2D eigenvalue weighted by Crippen LogP contribution is 2.24. The Hall–Kier alpha value is -0.840. The second-order valence-electron chi connectivity index (χ2n) is 5.82. The van der Waals surface area contributed by atoms with Crippen LogP contribution < -0.4 is 0 Å². The molecule has 4 nitrogen and oxygen atoms in total. The van der Waals surface area contributed by atoms with Crippen molar-refractivity contribution in [1.29, 1.82) is 0 Å². The van der Waals surface area contributed by atoms with E-state index in [-0.39, 0.29) is 0 Å². The van der Waals surface area contributed by atoms with Gasteiger partial charge in [0.25, 0.3) is 0 Å². The lowest BCUT2D eigenvalue weighted by Crippen LogP contribution is -2.32. The molecular formula is C15H20Cl2N4. The van der Waals surface area contributed by atoms with E-state index < -0.39 is 0 Å². The molecule has 1 aliphatic heterocycles. The smallest absolute Gasteiger partial charge is 0.160 e. The molecule has 2 aromatic rings. The molecule has 3 heterocycles. The summed E-state index contributed by atoms with van der Waals surface area (Å²) >= 11 is 11.9. The minimum atomic E-state index is 0.574. The highest BCUT2D eigenvalue weighted by Gasteiger charge is 2.20. The average Bonchev–Trinajstić information content (AvgIpc) is 2.79. The number of aryl methyl sites for hydroxylation is 1. The van der Waals surface area contributed by atoms with Gasteiger partial charge in [-0.15, -0.1) is 11.6 Å². The minimum absolute atomic E-state index is 0.574. The molecular weight excluding hydrogens is 307 g/mol. The number of hydrogen-bond donors (Lipinski definition) is 0. The monoisotopic (exact) mass is 326 g/mol. The van der Waals surface area contributed by atoms with Crippen molar-refractivity contribution < 1.29 is 0 Å². The van der Waals surface area contributed by atoms with Crippen LogP contribution in [0.15, 0.2) is 12.3 Å². The average molecular weight is 327 g/mol. The van der Waals surface area contributed by atoms with Crippen LogP contribution in [0.2, 0.25) is 5.02 Å². The van der Waals surface area contributed by atoms with Crippen LogP contribution in [0.5, 0.6) is 0 Å². The number of imidazole rings is 1. The number of nitrogens with zero attached hydrogens (tertiary/aromatic N) is 4. The van der Waals surface area contributed by atoms with Crippen LogP contribution in [0.3, 0.4) is 0 Å². The number of pyridine rings is 1. The normalized spacial score (nSPS) is 17.7. The number of hydrogen-bond acceptors (Lipinski definition) is 3. The fourth-order valence-electron chi connectivity index (χ4n) is 3.00. The molecule has 114 valence electrons. The summed E-state index contributed by atoms with van der Waals surface area (Å²) in [6, 6.07) is 1.88. The van der Waals surface area contributed by atoms with Gasteiger partial charge in [-0.05, 0) is 45.0 Å².